The lowest BCUT2D eigenvalue weighted by molar-refractivity contribution is -0.130. The lowest BCUT2D eigenvalue weighted by Crippen LogP contribution is -2.54. The van der Waals surface area contributed by atoms with Crippen LogP contribution in [0.15, 0.2) is 30.3 Å². The molecule has 1 aromatic carbocycles. The third-order valence-corrected chi connectivity index (χ3v) is 3.85. The molecular weight excluding hydrogens is 272 g/mol. The Labute approximate surface area is 123 Å². The van der Waals surface area contributed by atoms with E-state index in [0.29, 0.717) is 5.69 Å². The van der Waals surface area contributed by atoms with Gasteiger partial charge in [-0.05, 0) is 32.9 Å². The summed E-state index contributed by atoms with van der Waals surface area (Å²) in [5, 5.41) is 13.1. The van der Waals surface area contributed by atoms with Gasteiger partial charge >= 0.3 is 6.09 Å². The molecule has 2 amide bonds. The molecule has 0 aromatic heterocycles. The number of amides is 2. The zero-order valence-corrected chi connectivity index (χ0v) is 12.4. The average Bonchev–Trinajstić information content (AvgIpc) is 2.53. The van der Waals surface area contributed by atoms with Crippen LogP contribution in [0.5, 0.6) is 0 Å². The number of anilines is 1. The Balaban J connectivity index is 1.94. The van der Waals surface area contributed by atoms with Crippen molar-refractivity contribution in [1.82, 2.24) is 4.90 Å². The molecule has 2 N–H and O–H groups in total. The molecule has 1 fully saturated rings. The van der Waals surface area contributed by atoms with Gasteiger partial charge in [0.25, 0.3) is 0 Å². The van der Waals surface area contributed by atoms with Crippen LogP contribution in [-0.4, -0.2) is 39.9 Å². The van der Waals surface area contributed by atoms with Crippen LogP contribution in [0.2, 0.25) is 0 Å². The normalized spacial score (nSPS) is 23.8. The van der Waals surface area contributed by atoms with E-state index in [4.69, 9.17) is 4.74 Å². The SMILES string of the molecule is CC1(C)OC(=O)N(CCC(=O)Nc2ccccc2)[C@]1(C)O. The summed E-state index contributed by atoms with van der Waals surface area (Å²) < 4.78 is 5.13. The predicted octanol–water partition coefficient (Wildman–Crippen LogP) is 1.95. The predicted molar refractivity (Wildman–Crippen MR) is 77.6 cm³/mol. The van der Waals surface area contributed by atoms with E-state index in [-0.39, 0.29) is 18.9 Å². The highest BCUT2D eigenvalue weighted by molar-refractivity contribution is 5.91. The molecule has 1 aliphatic rings. The fraction of sp³-hybridized carbons (Fsp3) is 0.467. The maximum Gasteiger partial charge on any atom is 0.412 e. The van der Waals surface area contributed by atoms with E-state index in [1.807, 2.05) is 18.2 Å². The van der Waals surface area contributed by atoms with Crippen molar-refractivity contribution >= 4 is 17.7 Å². The number of para-hydroxylation sites is 1. The van der Waals surface area contributed by atoms with Gasteiger partial charge in [-0.3, -0.25) is 9.69 Å². The summed E-state index contributed by atoms with van der Waals surface area (Å²) in [5.41, 5.74) is -1.77. The van der Waals surface area contributed by atoms with Crippen LogP contribution in [0.25, 0.3) is 0 Å². The smallest absolute Gasteiger partial charge is 0.412 e. The fourth-order valence-corrected chi connectivity index (χ4v) is 2.14. The molecule has 21 heavy (non-hydrogen) atoms. The molecule has 6 nitrogen and oxygen atoms in total. The van der Waals surface area contributed by atoms with Crippen LogP contribution in [-0.2, 0) is 9.53 Å². The van der Waals surface area contributed by atoms with Gasteiger partial charge in [0, 0.05) is 18.7 Å². The molecule has 1 saturated heterocycles. The third-order valence-electron chi connectivity index (χ3n) is 3.85. The van der Waals surface area contributed by atoms with Crippen molar-refractivity contribution < 1.29 is 19.4 Å². The van der Waals surface area contributed by atoms with Gasteiger partial charge in [0.2, 0.25) is 5.91 Å². The minimum atomic E-state index is -1.45. The fourth-order valence-electron chi connectivity index (χ4n) is 2.14. The van der Waals surface area contributed by atoms with Crippen LogP contribution < -0.4 is 5.32 Å². The highest BCUT2D eigenvalue weighted by atomic mass is 16.6. The number of hydrogen-bond acceptors (Lipinski definition) is 4. The van der Waals surface area contributed by atoms with Crippen molar-refractivity contribution in [3.63, 3.8) is 0 Å². The summed E-state index contributed by atoms with van der Waals surface area (Å²) in [7, 11) is 0. The topological polar surface area (TPSA) is 78.9 Å². The first-order chi connectivity index (χ1) is 9.74. The molecule has 0 radical (unpaired) electrons. The van der Waals surface area contributed by atoms with Crippen molar-refractivity contribution in [1.29, 1.82) is 0 Å². The van der Waals surface area contributed by atoms with Crippen LogP contribution >= 0.6 is 0 Å². The minimum Gasteiger partial charge on any atom is -0.438 e. The van der Waals surface area contributed by atoms with Gasteiger partial charge in [-0.2, -0.15) is 0 Å². The molecule has 6 heteroatoms. The molecule has 2 rings (SSSR count). The van der Waals surface area contributed by atoms with Gasteiger partial charge in [-0.15, -0.1) is 0 Å². The molecule has 1 atom stereocenters. The zero-order chi connectivity index (χ0) is 15.7. The Morgan fingerprint density at radius 3 is 2.43 bits per heavy atom. The summed E-state index contributed by atoms with van der Waals surface area (Å²) in [6, 6.07) is 9.05. The number of nitrogens with zero attached hydrogens (tertiary/aromatic N) is 1. The number of ether oxygens (including phenoxy) is 1. The zero-order valence-electron chi connectivity index (χ0n) is 12.4. The van der Waals surface area contributed by atoms with Crippen molar-refractivity contribution in [2.24, 2.45) is 0 Å². The summed E-state index contributed by atoms with van der Waals surface area (Å²) in [6.45, 7) is 4.87. The second kappa shape index (κ2) is 5.37. The number of nitrogens with one attached hydrogen (secondary N) is 1. The minimum absolute atomic E-state index is 0.0796. The highest BCUT2D eigenvalue weighted by Gasteiger charge is 2.56. The Morgan fingerprint density at radius 2 is 1.90 bits per heavy atom. The van der Waals surface area contributed by atoms with E-state index in [0.717, 1.165) is 0 Å². The van der Waals surface area contributed by atoms with E-state index in [1.54, 1.807) is 26.0 Å². The van der Waals surface area contributed by atoms with Gasteiger partial charge in [-0.1, -0.05) is 18.2 Å². The third kappa shape index (κ3) is 3.00. The van der Waals surface area contributed by atoms with Crippen LogP contribution in [0, 0.1) is 0 Å². The molecular formula is C15H20N2O4. The number of aliphatic hydroxyl groups is 1. The van der Waals surface area contributed by atoms with Crippen molar-refractivity contribution in [3.8, 4) is 0 Å². The largest absolute Gasteiger partial charge is 0.438 e. The summed E-state index contributed by atoms with van der Waals surface area (Å²) >= 11 is 0. The maximum atomic E-state index is 11.9. The quantitative estimate of drug-likeness (QED) is 0.889. The van der Waals surface area contributed by atoms with Gasteiger partial charge in [0.15, 0.2) is 11.3 Å². The van der Waals surface area contributed by atoms with Gasteiger partial charge in [0.1, 0.15) is 0 Å². The van der Waals surface area contributed by atoms with Gasteiger partial charge in [-0.25, -0.2) is 4.79 Å². The van der Waals surface area contributed by atoms with Crippen LogP contribution in [0.4, 0.5) is 10.5 Å². The Bertz CT molecular complexity index is 540. The number of cyclic esters (lactones) is 1. The molecule has 1 heterocycles. The highest BCUT2D eigenvalue weighted by Crippen LogP contribution is 2.36. The molecule has 0 bridgehead atoms. The summed E-state index contributed by atoms with van der Waals surface area (Å²) in [6.07, 6.45) is -0.534. The van der Waals surface area contributed by atoms with E-state index in [1.165, 1.54) is 11.8 Å². The second-order valence-corrected chi connectivity index (χ2v) is 5.71. The van der Waals surface area contributed by atoms with E-state index >= 15 is 0 Å². The molecule has 114 valence electrons. The number of hydrogen-bond donors (Lipinski definition) is 2. The van der Waals surface area contributed by atoms with E-state index in [9.17, 15) is 14.7 Å². The molecule has 0 saturated carbocycles. The summed E-state index contributed by atoms with van der Waals surface area (Å²) in [5.74, 6) is -0.227. The van der Waals surface area contributed by atoms with Crippen molar-refractivity contribution in [3.05, 3.63) is 30.3 Å². The van der Waals surface area contributed by atoms with Crippen molar-refractivity contribution in [2.45, 2.75) is 38.5 Å². The Hall–Kier alpha value is -2.08. The molecule has 0 unspecified atom stereocenters. The van der Waals surface area contributed by atoms with Gasteiger partial charge in [0.05, 0.1) is 0 Å². The van der Waals surface area contributed by atoms with E-state index in [2.05, 4.69) is 5.32 Å². The average molecular weight is 292 g/mol. The molecule has 1 aromatic rings. The maximum absolute atomic E-state index is 11.9. The van der Waals surface area contributed by atoms with E-state index < -0.39 is 17.4 Å². The van der Waals surface area contributed by atoms with Crippen LogP contribution in [0.3, 0.4) is 0 Å². The number of carbonyl (C=O) groups excluding carboxylic acids is 2. The first-order valence-electron chi connectivity index (χ1n) is 6.82. The number of rotatable bonds is 4. The first-order valence-corrected chi connectivity index (χ1v) is 6.82. The monoisotopic (exact) mass is 292 g/mol. The lowest BCUT2D eigenvalue weighted by atomic mass is 9.96. The molecule has 0 aliphatic carbocycles. The van der Waals surface area contributed by atoms with Gasteiger partial charge < -0.3 is 15.2 Å². The number of carbonyl (C=O) groups is 2. The second-order valence-electron chi connectivity index (χ2n) is 5.71. The Kier molecular flexibility index (Phi) is 3.91. The number of benzene rings is 1. The summed E-state index contributed by atoms with van der Waals surface area (Å²) in [4.78, 5) is 24.8. The molecule has 0 spiro atoms. The van der Waals surface area contributed by atoms with Crippen molar-refractivity contribution in [2.75, 3.05) is 11.9 Å². The lowest BCUT2D eigenvalue weighted by Gasteiger charge is -2.34. The Morgan fingerprint density at radius 1 is 1.29 bits per heavy atom. The standard InChI is InChI=1S/C15H20N2O4/c1-14(2)15(3,20)17(13(19)21-14)10-9-12(18)16-11-7-5-4-6-8-11/h4-8,20H,9-10H2,1-3H3,(H,16,18)/t15-/m1/s1. The van der Waals surface area contributed by atoms with Crippen LogP contribution in [0.1, 0.15) is 27.2 Å². The molecule has 1 aliphatic heterocycles. The first kappa shape index (κ1) is 15.3.